The third kappa shape index (κ3) is 6.18. The topological polar surface area (TPSA) is 160 Å². The molecule has 28 heavy (non-hydrogen) atoms. The highest BCUT2D eigenvalue weighted by atomic mass is 16.6. The molecule has 0 aliphatic carbocycles. The Bertz CT molecular complexity index is 685. The maximum atomic E-state index is 11.1. The second-order valence-corrected chi connectivity index (χ2v) is 8.39. The first-order valence-electron chi connectivity index (χ1n) is 9.32. The van der Waals surface area contributed by atoms with Gasteiger partial charge < -0.3 is 31.3 Å². The fraction of sp³-hybridized carbons (Fsp3) is 0.722. The van der Waals surface area contributed by atoms with Gasteiger partial charge in [0, 0.05) is 11.8 Å². The van der Waals surface area contributed by atoms with Crippen LogP contribution < -0.4 is 11.2 Å². The number of carbonyl (C=O) groups excluding carboxylic acids is 1. The van der Waals surface area contributed by atoms with Gasteiger partial charge in [0.2, 0.25) is 0 Å². The number of aldehydes is 1. The zero-order valence-electron chi connectivity index (χ0n) is 17.0. The lowest BCUT2D eigenvalue weighted by Gasteiger charge is -2.32. The molecular formula is C18H32N6O4. The van der Waals surface area contributed by atoms with Crippen molar-refractivity contribution in [2.45, 2.75) is 72.0 Å². The maximum absolute atomic E-state index is 11.1. The van der Waals surface area contributed by atoms with E-state index in [0.717, 1.165) is 0 Å². The molecular weight excluding hydrogens is 364 g/mol. The predicted octanol–water partition coefficient (Wildman–Crippen LogP) is 2.30. The molecule has 1 aromatic rings. The summed E-state index contributed by atoms with van der Waals surface area (Å²) in [5.74, 6) is -0.183. The number of nitrogens with zero attached hydrogens (tertiary/aromatic N) is 3. The van der Waals surface area contributed by atoms with Gasteiger partial charge in [0.1, 0.15) is 18.7 Å². The average Bonchev–Trinajstić information content (AvgIpc) is 3.12. The molecule has 1 aromatic heterocycles. The first-order chi connectivity index (χ1) is 13.0. The van der Waals surface area contributed by atoms with Crippen LogP contribution in [-0.4, -0.2) is 43.8 Å². The van der Waals surface area contributed by atoms with Crippen LogP contribution in [0.1, 0.15) is 53.4 Å². The van der Waals surface area contributed by atoms with Crippen LogP contribution in [0.25, 0.3) is 0 Å². The number of nitro groups is 1. The summed E-state index contributed by atoms with van der Waals surface area (Å²) in [6.07, 6.45) is 6.12. The zero-order valence-corrected chi connectivity index (χ0v) is 17.0. The van der Waals surface area contributed by atoms with Crippen molar-refractivity contribution in [2.75, 3.05) is 0 Å². The number of rotatable bonds is 13. The fourth-order valence-corrected chi connectivity index (χ4v) is 2.96. The van der Waals surface area contributed by atoms with E-state index in [9.17, 15) is 20.1 Å². The first kappa shape index (κ1) is 23.9. The van der Waals surface area contributed by atoms with Crippen molar-refractivity contribution < 1.29 is 14.9 Å². The highest BCUT2D eigenvalue weighted by Gasteiger charge is 2.31. The zero-order chi connectivity index (χ0) is 21.5. The van der Waals surface area contributed by atoms with Gasteiger partial charge in [-0.2, -0.15) is 5.48 Å². The van der Waals surface area contributed by atoms with Gasteiger partial charge in [-0.15, -0.1) is 0 Å². The van der Waals surface area contributed by atoms with Gasteiger partial charge in [-0.25, -0.2) is 4.57 Å². The van der Waals surface area contributed by atoms with E-state index in [4.69, 9.17) is 11.1 Å². The van der Waals surface area contributed by atoms with Crippen molar-refractivity contribution in [3.63, 3.8) is 0 Å². The van der Waals surface area contributed by atoms with Gasteiger partial charge in [0.15, 0.2) is 0 Å². The Kier molecular flexibility index (Phi) is 8.40. The van der Waals surface area contributed by atoms with Crippen LogP contribution in [0.3, 0.4) is 0 Å². The SMILES string of the molecule is CC(C)(C=O)C(=N)C(CCCC(N)C(C)(C)CCn1ccnc1[N+](=O)[O-])NO. The van der Waals surface area contributed by atoms with Crippen LogP contribution in [0.4, 0.5) is 5.95 Å². The third-order valence-electron chi connectivity index (χ3n) is 5.36. The molecule has 0 spiro atoms. The molecule has 0 aromatic carbocycles. The highest BCUT2D eigenvalue weighted by molar-refractivity contribution is 6.02. The van der Waals surface area contributed by atoms with E-state index in [1.165, 1.54) is 10.8 Å². The molecule has 10 heteroatoms. The van der Waals surface area contributed by atoms with Crippen LogP contribution in [0.15, 0.2) is 12.4 Å². The molecule has 0 radical (unpaired) electrons. The Morgan fingerprint density at radius 3 is 2.64 bits per heavy atom. The van der Waals surface area contributed by atoms with Crippen molar-refractivity contribution >= 4 is 17.9 Å². The molecule has 1 rings (SSSR count). The normalized spacial score (nSPS) is 14.5. The lowest BCUT2D eigenvalue weighted by molar-refractivity contribution is -0.396. The summed E-state index contributed by atoms with van der Waals surface area (Å²) in [4.78, 5) is 25.3. The number of hydrogen-bond acceptors (Lipinski definition) is 8. The maximum Gasteiger partial charge on any atom is 0.434 e. The molecule has 10 nitrogen and oxygen atoms in total. The van der Waals surface area contributed by atoms with E-state index >= 15 is 0 Å². The molecule has 0 saturated heterocycles. The Hall–Kier alpha value is -2.17. The van der Waals surface area contributed by atoms with Crippen molar-refractivity contribution in [2.24, 2.45) is 16.6 Å². The molecule has 0 fully saturated rings. The molecule has 5 N–H and O–H groups in total. The molecule has 2 atom stereocenters. The summed E-state index contributed by atoms with van der Waals surface area (Å²) in [7, 11) is 0. The molecule has 2 unspecified atom stereocenters. The standard InChI is InChI=1S/C18H32N6O4/c1-17(2,8-10-23-11-9-21-16(23)24(27)28)14(19)7-5-6-13(22-26)15(20)18(3,4)12-25/h9,11-14,20,22,26H,5-8,10,19H2,1-4H3. The van der Waals surface area contributed by atoms with Gasteiger partial charge in [-0.3, -0.25) is 0 Å². The number of hydroxylamine groups is 1. The molecule has 0 aliphatic heterocycles. The minimum absolute atomic E-state index is 0.130. The minimum atomic E-state index is -0.943. The molecule has 0 bridgehead atoms. The average molecular weight is 396 g/mol. The molecule has 0 aliphatic rings. The second-order valence-electron chi connectivity index (χ2n) is 8.39. The van der Waals surface area contributed by atoms with E-state index in [-0.39, 0.29) is 23.1 Å². The van der Waals surface area contributed by atoms with E-state index < -0.39 is 16.4 Å². The van der Waals surface area contributed by atoms with Gasteiger partial charge in [0.25, 0.3) is 0 Å². The van der Waals surface area contributed by atoms with Crippen LogP contribution in [0.2, 0.25) is 0 Å². The van der Waals surface area contributed by atoms with Gasteiger partial charge in [0.05, 0.1) is 18.0 Å². The van der Waals surface area contributed by atoms with Crippen LogP contribution in [0.5, 0.6) is 0 Å². The summed E-state index contributed by atoms with van der Waals surface area (Å²) in [5.41, 5.74) is 7.39. The lowest BCUT2D eigenvalue weighted by Crippen LogP contribution is -2.43. The summed E-state index contributed by atoms with van der Waals surface area (Å²) >= 11 is 0. The Labute approximate surface area is 165 Å². The number of nitrogens with one attached hydrogen (secondary N) is 2. The summed E-state index contributed by atoms with van der Waals surface area (Å²) in [6, 6.07) is -0.771. The molecule has 0 saturated carbocycles. The van der Waals surface area contributed by atoms with Crippen molar-refractivity contribution in [3.05, 3.63) is 22.5 Å². The molecule has 1 heterocycles. The smallest absolute Gasteiger partial charge is 0.390 e. The van der Waals surface area contributed by atoms with Crippen molar-refractivity contribution in [3.8, 4) is 0 Å². The number of aromatic nitrogens is 2. The second kappa shape index (κ2) is 9.85. The van der Waals surface area contributed by atoms with Crippen molar-refractivity contribution in [1.82, 2.24) is 15.0 Å². The predicted molar refractivity (Wildman–Crippen MR) is 105 cm³/mol. The number of carbonyl (C=O) groups is 1. The largest absolute Gasteiger partial charge is 0.434 e. The van der Waals surface area contributed by atoms with E-state index in [1.54, 1.807) is 20.0 Å². The van der Waals surface area contributed by atoms with Crippen LogP contribution in [0, 0.1) is 26.4 Å². The quantitative estimate of drug-likeness (QED) is 0.172. The van der Waals surface area contributed by atoms with Gasteiger partial charge >= 0.3 is 5.95 Å². The van der Waals surface area contributed by atoms with E-state index in [0.29, 0.717) is 38.5 Å². The van der Waals surface area contributed by atoms with Gasteiger partial charge in [-0.05, 0) is 49.9 Å². The number of imidazole rings is 1. The highest BCUT2D eigenvalue weighted by Crippen LogP contribution is 2.29. The number of hydrogen-bond donors (Lipinski definition) is 4. The summed E-state index contributed by atoms with van der Waals surface area (Å²) in [5, 5.41) is 28.4. The Morgan fingerprint density at radius 2 is 2.11 bits per heavy atom. The van der Waals surface area contributed by atoms with E-state index in [2.05, 4.69) is 10.5 Å². The molecule has 158 valence electrons. The van der Waals surface area contributed by atoms with Gasteiger partial charge in [-0.1, -0.05) is 18.8 Å². The fourth-order valence-electron chi connectivity index (χ4n) is 2.96. The monoisotopic (exact) mass is 396 g/mol. The van der Waals surface area contributed by atoms with Crippen LogP contribution in [-0.2, 0) is 11.3 Å². The Balaban J connectivity index is 2.57. The minimum Gasteiger partial charge on any atom is -0.390 e. The summed E-state index contributed by atoms with van der Waals surface area (Å²) in [6.45, 7) is 7.74. The lowest BCUT2D eigenvalue weighted by atomic mass is 9.78. The molecule has 0 amide bonds. The number of aryl methyl sites for hydroxylation is 1. The van der Waals surface area contributed by atoms with Crippen LogP contribution >= 0.6 is 0 Å². The van der Waals surface area contributed by atoms with E-state index in [1.807, 2.05) is 13.8 Å². The Morgan fingerprint density at radius 1 is 1.46 bits per heavy atom. The van der Waals surface area contributed by atoms with Crippen molar-refractivity contribution in [1.29, 1.82) is 5.41 Å². The third-order valence-corrected chi connectivity index (χ3v) is 5.36. The summed E-state index contributed by atoms with van der Waals surface area (Å²) < 4.78 is 1.50. The number of nitrogens with two attached hydrogens (primary N) is 1. The first-order valence-corrected chi connectivity index (χ1v) is 9.32.